The molecule has 1 fully saturated rings. The molecule has 5 rings (SSSR count). The predicted octanol–water partition coefficient (Wildman–Crippen LogP) is 3.45. The zero-order chi connectivity index (χ0) is 29.7. The van der Waals surface area contributed by atoms with Gasteiger partial charge in [-0.1, -0.05) is 18.6 Å². The van der Waals surface area contributed by atoms with Gasteiger partial charge in [0.2, 0.25) is 11.9 Å². The van der Waals surface area contributed by atoms with E-state index in [2.05, 4.69) is 27.4 Å². The number of rotatable bonds is 5. The van der Waals surface area contributed by atoms with E-state index in [0.717, 1.165) is 42.1 Å². The molecule has 41 heavy (non-hydrogen) atoms. The number of aromatic nitrogens is 2. The Hall–Kier alpha value is -4.01. The average Bonchev–Trinajstić information content (AvgIpc) is 3.47. The third-order valence-corrected chi connectivity index (χ3v) is 9.06. The fourth-order valence-corrected chi connectivity index (χ4v) is 6.38. The summed E-state index contributed by atoms with van der Waals surface area (Å²) in [5.41, 5.74) is 14.0. The second kappa shape index (κ2) is 12.7. The molecule has 1 aromatic carbocycles. The number of carbonyl (C=O) groups is 1. The normalized spacial score (nSPS) is 21.0. The van der Waals surface area contributed by atoms with Crippen LogP contribution >= 0.6 is 11.3 Å². The Morgan fingerprint density at radius 1 is 1.10 bits per heavy atom. The van der Waals surface area contributed by atoms with Gasteiger partial charge < -0.3 is 16.4 Å². The van der Waals surface area contributed by atoms with Crippen LogP contribution in [-0.4, -0.2) is 57.9 Å². The van der Waals surface area contributed by atoms with Gasteiger partial charge in [0.25, 0.3) is 5.56 Å². The van der Waals surface area contributed by atoms with Crippen LogP contribution in [-0.2, 0) is 17.4 Å². The van der Waals surface area contributed by atoms with E-state index in [-0.39, 0.29) is 29.3 Å². The first kappa shape index (κ1) is 30.0. The van der Waals surface area contributed by atoms with Crippen molar-refractivity contribution in [1.29, 1.82) is 5.26 Å². The lowest BCUT2D eigenvalue weighted by Gasteiger charge is -2.40. The minimum absolute atomic E-state index is 0.0356. The number of hydrogen-bond acceptors (Lipinski definition) is 9. The van der Waals surface area contributed by atoms with Gasteiger partial charge in [-0.05, 0) is 87.5 Å². The van der Waals surface area contributed by atoms with Crippen LogP contribution in [0.25, 0.3) is 11.1 Å². The number of aryl methyl sites for hydroxylation is 1. The molecular weight excluding hydrogens is 536 g/mol. The first-order valence-electron chi connectivity index (χ1n) is 13.8. The fourth-order valence-electron chi connectivity index (χ4n) is 5.30. The monoisotopic (exact) mass is 574 g/mol. The van der Waals surface area contributed by atoms with Crippen LogP contribution in [0.15, 0.2) is 51.6 Å². The number of piperidine rings is 1. The summed E-state index contributed by atoms with van der Waals surface area (Å²) >= 11 is 1.60. The summed E-state index contributed by atoms with van der Waals surface area (Å²) in [4.78, 5) is 37.9. The first-order chi connectivity index (χ1) is 19.5. The highest BCUT2D eigenvalue weighted by Gasteiger charge is 2.46. The third kappa shape index (κ3) is 6.66. The van der Waals surface area contributed by atoms with E-state index in [1.807, 2.05) is 25.1 Å². The van der Waals surface area contributed by atoms with Gasteiger partial charge in [-0.2, -0.15) is 5.26 Å². The van der Waals surface area contributed by atoms with Gasteiger partial charge in [0.1, 0.15) is 5.54 Å². The predicted molar refractivity (Wildman–Crippen MR) is 163 cm³/mol. The number of aliphatic imine (C=N–C) groups is 1. The van der Waals surface area contributed by atoms with Crippen molar-refractivity contribution in [2.45, 2.75) is 45.1 Å². The molecule has 0 radical (unpaired) electrons. The van der Waals surface area contributed by atoms with Gasteiger partial charge in [0.15, 0.2) is 5.96 Å². The van der Waals surface area contributed by atoms with Crippen LogP contribution in [0.3, 0.4) is 0 Å². The molecule has 10 nitrogen and oxygen atoms in total. The molecule has 0 aliphatic carbocycles. The number of carbonyl (C=O) groups excluding carboxylic acids is 1. The Kier molecular flexibility index (Phi) is 9.25. The molecule has 2 atom stereocenters. The van der Waals surface area contributed by atoms with Crippen molar-refractivity contribution in [3.63, 3.8) is 0 Å². The minimum atomic E-state index is -0.695. The Bertz CT molecular complexity index is 1530. The Morgan fingerprint density at radius 2 is 1.83 bits per heavy atom. The van der Waals surface area contributed by atoms with Gasteiger partial charge in [0.05, 0.1) is 17.6 Å². The number of likely N-dealkylation sites (tertiary alicyclic amines) is 1. The van der Waals surface area contributed by atoms with Gasteiger partial charge in [0, 0.05) is 30.7 Å². The molecule has 2 aliphatic rings. The molecule has 1 saturated heterocycles. The molecule has 216 valence electrons. The van der Waals surface area contributed by atoms with E-state index in [4.69, 9.17) is 16.5 Å². The van der Waals surface area contributed by atoms with E-state index in [9.17, 15) is 14.9 Å². The zero-order valence-corrected chi connectivity index (χ0v) is 24.9. The molecule has 11 heteroatoms. The fraction of sp³-hybridized carbons (Fsp3) is 0.433. The van der Waals surface area contributed by atoms with E-state index >= 15 is 0 Å². The number of amides is 1. The van der Waals surface area contributed by atoms with Crippen molar-refractivity contribution >= 4 is 29.2 Å². The maximum Gasteiger partial charge on any atom is 0.254 e. The molecule has 1 unspecified atom stereocenters. The standard InChI is InChI=1S/C24H29N5OS.C6H9N3O/c1-24(21-14-19(16-31-21)18-8-6-7-17(13-18)15-25)20(22(30)28(2)23(26)27-24)9-12-29-10-4-3-5-11-29;1-4-3-5(10)9(2)6(7)8-4/h6-8,13-14,16,20H,3-5,9-12H2,1-2H3,(H2,26,27);3H,1-2H3,(H2,7,8)/t20?,24-;/m0./s1. The van der Waals surface area contributed by atoms with Crippen molar-refractivity contribution in [1.82, 2.24) is 19.4 Å². The molecule has 3 aromatic rings. The Morgan fingerprint density at radius 3 is 2.51 bits per heavy atom. The third-order valence-electron chi connectivity index (χ3n) is 7.90. The van der Waals surface area contributed by atoms with Crippen molar-refractivity contribution in [3.8, 4) is 17.2 Å². The SMILES string of the molecule is CN1C(=O)C(CCN2CCCCC2)[C@@](C)(c2cc(-c3cccc(C#N)c3)cs2)N=C1N.Cc1cc(=O)n(C)c(N)n1. The summed E-state index contributed by atoms with van der Waals surface area (Å²) in [6, 6.07) is 13.3. The molecule has 0 bridgehead atoms. The van der Waals surface area contributed by atoms with Crippen LogP contribution < -0.4 is 17.0 Å². The maximum absolute atomic E-state index is 13.3. The number of nitrogens with two attached hydrogens (primary N) is 2. The second-order valence-electron chi connectivity index (χ2n) is 10.8. The maximum atomic E-state index is 13.3. The lowest BCUT2D eigenvalue weighted by Crippen LogP contribution is -2.54. The highest BCUT2D eigenvalue weighted by molar-refractivity contribution is 7.10. The van der Waals surface area contributed by atoms with E-state index in [1.165, 1.54) is 34.8 Å². The van der Waals surface area contributed by atoms with Gasteiger partial charge in [-0.3, -0.25) is 19.1 Å². The van der Waals surface area contributed by atoms with Crippen molar-refractivity contribution in [2.75, 3.05) is 32.4 Å². The number of benzene rings is 1. The van der Waals surface area contributed by atoms with Gasteiger partial charge in [-0.25, -0.2) is 9.98 Å². The summed E-state index contributed by atoms with van der Waals surface area (Å²) in [7, 11) is 3.30. The number of thiophene rings is 1. The molecule has 4 N–H and O–H groups in total. The molecule has 0 saturated carbocycles. The van der Waals surface area contributed by atoms with Crippen LogP contribution in [0.2, 0.25) is 0 Å². The first-order valence-corrected chi connectivity index (χ1v) is 14.7. The van der Waals surface area contributed by atoms with E-state index < -0.39 is 5.54 Å². The van der Waals surface area contributed by atoms with Crippen molar-refractivity contribution in [3.05, 3.63) is 68.3 Å². The number of hydrogen-bond donors (Lipinski definition) is 2. The van der Waals surface area contributed by atoms with Crippen LogP contribution in [0, 0.1) is 24.2 Å². The summed E-state index contributed by atoms with van der Waals surface area (Å²) in [5.74, 6) is 0.297. The smallest absolute Gasteiger partial charge is 0.254 e. The second-order valence-corrected chi connectivity index (χ2v) is 11.7. The average molecular weight is 575 g/mol. The summed E-state index contributed by atoms with van der Waals surface area (Å²) < 4.78 is 1.30. The number of guanidine groups is 1. The number of nitriles is 1. The largest absolute Gasteiger partial charge is 0.369 e. The van der Waals surface area contributed by atoms with Crippen LogP contribution in [0.5, 0.6) is 0 Å². The Balaban J connectivity index is 0.000000328. The summed E-state index contributed by atoms with van der Waals surface area (Å²) in [6.45, 7) is 6.89. The Labute approximate surface area is 244 Å². The van der Waals surface area contributed by atoms with Crippen LogP contribution in [0.1, 0.15) is 48.7 Å². The van der Waals surface area contributed by atoms with E-state index in [1.54, 1.807) is 38.4 Å². The van der Waals surface area contributed by atoms with Gasteiger partial charge in [-0.15, -0.1) is 11.3 Å². The highest BCUT2D eigenvalue weighted by Crippen LogP contribution is 2.44. The number of nitrogens with zero attached hydrogens (tertiary/aromatic N) is 6. The topological polar surface area (TPSA) is 147 Å². The lowest BCUT2D eigenvalue weighted by molar-refractivity contribution is -0.134. The summed E-state index contributed by atoms with van der Waals surface area (Å²) in [6.07, 6.45) is 4.52. The number of nitrogen functional groups attached to an aromatic ring is 1. The molecule has 1 amide bonds. The summed E-state index contributed by atoms with van der Waals surface area (Å²) in [5, 5.41) is 11.3. The van der Waals surface area contributed by atoms with E-state index in [0.29, 0.717) is 11.3 Å². The lowest BCUT2D eigenvalue weighted by atomic mass is 9.79. The molecule has 2 aromatic heterocycles. The highest BCUT2D eigenvalue weighted by atomic mass is 32.1. The molecular formula is C30H38N8O2S. The molecule has 0 spiro atoms. The number of anilines is 1. The quantitative estimate of drug-likeness (QED) is 0.474. The molecule has 4 heterocycles. The van der Waals surface area contributed by atoms with Crippen molar-refractivity contribution < 1.29 is 4.79 Å². The van der Waals surface area contributed by atoms with Gasteiger partial charge >= 0.3 is 0 Å². The molecule has 2 aliphatic heterocycles. The minimum Gasteiger partial charge on any atom is -0.369 e. The zero-order valence-electron chi connectivity index (χ0n) is 24.1. The van der Waals surface area contributed by atoms with Crippen molar-refractivity contribution in [2.24, 2.45) is 23.7 Å². The van der Waals surface area contributed by atoms with Crippen LogP contribution in [0.4, 0.5) is 5.95 Å².